The van der Waals surface area contributed by atoms with E-state index < -0.39 is 0 Å². The molecule has 1 aromatic heterocycles. The number of nitrogens with zero attached hydrogens (tertiary/aromatic N) is 3. The lowest BCUT2D eigenvalue weighted by atomic mass is 10.1. The standard InChI is InChI=1S/C15H21N3/c1-4-6-9-18(5-2)15-13-10-12(3)7-8-14(13)16-11-17-15/h7-8,10-11H,4-6,9H2,1-3H3. The molecule has 18 heavy (non-hydrogen) atoms. The fraction of sp³-hybridized carbons (Fsp3) is 0.467. The minimum Gasteiger partial charge on any atom is -0.356 e. The van der Waals surface area contributed by atoms with Crippen molar-refractivity contribution in [2.24, 2.45) is 0 Å². The zero-order valence-corrected chi connectivity index (χ0v) is 11.5. The lowest BCUT2D eigenvalue weighted by Crippen LogP contribution is -2.25. The van der Waals surface area contributed by atoms with Crippen LogP contribution in [0.25, 0.3) is 10.9 Å². The number of hydrogen-bond acceptors (Lipinski definition) is 3. The highest BCUT2D eigenvalue weighted by atomic mass is 15.2. The van der Waals surface area contributed by atoms with Crippen LogP contribution in [0.5, 0.6) is 0 Å². The minimum atomic E-state index is 0.986. The molecule has 0 unspecified atom stereocenters. The highest BCUT2D eigenvalue weighted by molar-refractivity contribution is 5.89. The molecule has 0 saturated carbocycles. The van der Waals surface area contributed by atoms with Gasteiger partial charge in [-0.15, -0.1) is 0 Å². The first-order valence-electron chi connectivity index (χ1n) is 6.72. The number of aromatic nitrogens is 2. The average Bonchev–Trinajstić information content (AvgIpc) is 2.40. The Morgan fingerprint density at radius 2 is 2.00 bits per heavy atom. The summed E-state index contributed by atoms with van der Waals surface area (Å²) in [4.78, 5) is 11.2. The normalized spacial score (nSPS) is 10.8. The molecule has 0 N–H and O–H groups in total. The van der Waals surface area contributed by atoms with Gasteiger partial charge >= 0.3 is 0 Å². The highest BCUT2D eigenvalue weighted by Gasteiger charge is 2.10. The van der Waals surface area contributed by atoms with Crippen LogP contribution >= 0.6 is 0 Å². The van der Waals surface area contributed by atoms with Crippen molar-refractivity contribution in [3.05, 3.63) is 30.1 Å². The maximum absolute atomic E-state index is 4.49. The first kappa shape index (κ1) is 12.8. The molecule has 3 nitrogen and oxygen atoms in total. The predicted molar refractivity (Wildman–Crippen MR) is 77.1 cm³/mol. The summed E-state index contributed by atoms with van der Waals surface area (Å²) in [5.74, 6) is 1.07. The van der Waals surface area contributed by atoms with Gasteiger partial charge in [-0.1, -0.05) is 25.0 Å². The Kier molecular flexibility index (Phi) is 4.13. The van der Waals surface area contributed by atoms with E-state index in [0.29, 0.717) is 0 Å². The molecule has 2 aromatic rings. The molecule has 0 radical (unpaired) electrons. The molecule has 0 aliphatic carbocycles. The zero-order chi connectivity index (χ0) is 13.0. The molecule has 0 fully saturated rings. The number of unbranched alkanes of at least 4 members (excludes halogenated alkanes) is 1. The van der Waals surface area contributed by atoms with Crippen LogP contribution < -0.4 is 4.90 Å². The Labute approximate surface area is 109 Å². The van der Waals surface area contributed by atoms with Crippen LogP contribution in [-0.4, -0.2) is 23.1 Å². The topological polar surface area (TPSA) is 29.0 Å². The van der Waals surface area contributed by atoms with Crippen molar-refractivity contribution in [2.45, 2.75) is 33.6 Å². The van der Waals surface area contributed by atoms with Gasteiger partial charge in [-0.05, 0) is 32.4 Å². The SMILES string of the molecule is CCCCN(CC)c1ncnc2ccc(C)cc12. The zero-order valence-electron chi connectivity index (χ0n) is 11.5. The predicted octanol–water partition coefficient (Wildman–Crippen LogP) is 3.56. The summed E-state index contributed by atoms with van der Waals surface area (Å²) in [6.07, 6.45) is 4.07. The number of aryl methyl sites for hydroxylation is 1. The molecule has 1 heterocycles. The van der Waals surface area contributed by atoms with E-state index in [0.717, 1.165) is 29.8 Å². The van der Waals surface area contributed by atoms with Crippen LogP contribution in [0.3, 0.4) is 0 Å². The van der Waals surface area contributed by atoms with Gasteiger partial charge in [-0.3, -0.25) is 0 Å². The molecule has 0 aliphatic rings. The highest BCUT2D eigenvalue weighted by Crippen LogP contribution is 2.24. The van der Waals surface area contributed by atoms with Crippen molar-refractivity contribution >= 4 is 16.7 Å². The molecule has 0 spiro atoms. The van der Waals surface area contributed by atoms with Gasteiger partial charge in [0.2, 0.25) is 0 Å². The van der Waals surface area contributed by atoms with Gasteiger partial charge < -0.3 is 4.90 Å². The average molecular weight is 243 g/mol. The fourth-order valence-corrected chi connectivity index (χ4v) is 2.17. The van der Waals surface area contributed by atoms with E-state index in [4.69, 9.17) is 0 Å². The van der Waals surface area contributed by atoms with Gasteiger partial charge in [-0.25, -0.2) is 9.97 Å². The van der Waals surface area contributed by atoms with Crippen LogP contribution in [0.1, 0.15) is 32.3 Å². The maximum atomic E-state index is 4.49. The monoisotopic (exact) mass is 243 g/mol. The Hall–Kier alpha value is -1.64. The summed E-state index contributed by atoms with van der Waals surface area (Å²) in [7, 11) is 0. The number of fused-ring (bicyclic) bond motifs is 1. The third-order valence-electron chi connectivity index (χ3n) is 3.23. The Morgan fingerprint density at radius 1 is 1.17 bits per heavy atom. The molecule has 0 amide bonds. The lowest BCUT2D eigenvalue weighted by Gasteiger charge is -2.22. The quantitative estimate of drug-likeness (QED) is 0.804. The minimum absolute atomic E-state index is 0.986. The molecule has 0 atom stereocenters. The van der Waals surface area contributed by atoms with Crippen molar-refractivity contribution in [2.75, 3.05) is 18.0 Å². The molecular weight excluding hydrogens is 222 g/mol. The number of benzene rings is 1. The summed E-state index contributed by atoms with van der Waals surface area (Å²) in [6.45, 7) is 8.56. The second-order valence-corrected chi connectivity index (χ2v) is 4.65. The molecule has 0 saturated heterocycles. The van der Waals surface area contributed by atoms with Crippen LogP contribution in [0.2, 0.25) is 0 Å². The molecule has 3 heteroatoms. The van der Waals surface area contributed by atoms with Crippen molar-refractivity contribution in [1.82, 2.24) is 9.97 Å². The largest absolute Gasteiger partial charge is 0.356 e. The van der Waals surface area contributed by atoms with E-state index in [1.165, 1.54) is 18.4 Å². The fourth-order valence-electron chi connectivity index (χ4n) is 2.17. The number of hydrogen-bond donors (Lipinski definition) is 0. The summed E-state index contributed by atoms with van der Waals surface area (Å²) in [5.41, 5.74) is 2.28. The van der Waals surface area contributed by atoms with E-state index in [-0.39, 0.29) is 0 Å². The van der Waals surface area contributed by atoms with Gasteiger partial charge in [0.25, 0.3) is 0 Å². The van der Waals surface area contributed by atoms with Crippen LogP contribution in [-0.2, 0) is 0 Å². The molecule has 0 bridgehead atoms. The van der Waals surface area contributed by atoms with Gasteiger partial charge in [0.15, 0.2) is 0 Å². The van der Waals surface area contributed by atoms with Gasteiger partial charge in [0, 0.05) is 18.5 Å². The van der Waals surface area contributed by atoms with E-state index in [9.17, 15) is 0 Å². The van der Waals surface area contributed by atoms with Gasteiger partial charge in [0.05, 0.1) is 5.52 Å². The van der Waals surface area contributed by atoms with E-state index in [1.807, 2.05) is 0 Å². The first-order valence-corrected chi connectivity index (χ1v) is 6.72. The molecule has 2 rings (SSSR count). The molecule has 1 aromatic carbocycles. The molecule has 96 valence electrons. The third kappa shape index (κ3) is 2.61. The molecular formula is C15H21N3. The smallest absolute Gasteiger partial charge is 0.139 e. The van der Waals surface area contributed by atoms with E-state index in [1.54, 1.807) is 6.33 Å². The Balaban J connectivity index is 2.44. The van der Waals surface area contributed by atoms with Crippen molar-refractivity contribution in [3.63, 3.8) is 0 Å². The summed E-state index contributed by atoms with van der Waals surface area (Å²) < 4.78 is 0. The van der Waals surface area contributed by atoms with E-state index in [2.05, 4.69) is 53.8 Å². The second-order valence-electron chi connectivity index (χ2n) is 4.65. The van der Waals surface area contributed by atoms with Crippen molar-refractivity contribution in [3.8, 4) is 0 Å². The van der Waals surface area contributed by atoms with E-state index >= 15 is 0 Å². The van der Waals surface area contributed by atoms with Gasteiger partial charge in [0.1, 0.15) is 12.1 Å². The first-order chi connectivity index (χ1) is 8.76. The molecule has 0 aliphatic heterocycles. The number of rotatable bonds is 5. The summed E-state index contributed by atoms with van der Waals surface area (Å²) in [6, 6.07) is 6.35. The summed E-state index contributed by atoms with van der Waals surface area (Å²) >= 11 is 0. The summed E-state index contributed by atoms with van der Waals surface area (Å²) in [5, 5.41) is 1.16. The van der Waals surface area contributed by atoms with Crippen LogP contribution in [0, 0.1) is 6.92 Å². The van der Waals surface area contributed by atoms with Crippen molar-refractivity contribution < 1.29 is 0 Å². The number of anilines is 1. The van der Waals surface area contributed by atoms with Gasteiger partial charge in [-0.2, -0.15) is 0 Å². The lowest BCUT2D eigenvalue weighted by molar-refractivity contribution is 0.726. The van der Waals surface area contributed by atoms with Crippen LogP contribution in [0.4, 0.5) is 5.82 Å². The Bertz CT molecular complexity index is 522. The third-order valence-corrected chi connectivity index (χ3v) is 3.23. The second kappa shape index (κ2) is 5.80. The van der Waals surface area contributed by atoms with Crippen LogP contribution in [0.15, 0.2) is 24.5 Å². The Morgan fingerprint density at radius 3 is 2.72 bits per heavy atom. The maximum Gasteiger partial charge on any atom is 0.139 e. The van der Waals surface area contributed by atoms with Crippen molar-refractivity contribution in [1.29, 1.82) is 0 Å².